The predicted molar refractivity (Wildman–Crippen MR) is 83.0 cm³/mol. The molecule has 0 saturated carbocycles. The van der Waals surface area contributed by atoms with Gasteiger partial charge in [-0.2, -0.15) is 0 Å². The molecule has 0 bridgehead atoms. The molecule has 1 fully saturated rings. The summed E-state index contributed by atoms with van der Waals surface area (Å²) in [4.78, 5) is 26.3. The minimum atomic E-state index is -0.756. The number of amides is 2. The molecule has 19 heavy (non-hydrogen) atoms. The zero-order valence-corrected chi connectivity index (χ0v) is 13.2. The number of hydrogen-bond acceptors (Lipinski definition) is 2. The number of anilines is 1. The van der Waals surface area contributed by atoms with Gasteiger partial charge in [-0.05, 0) is 47.6 Å². The van der Waals surface area contributed by atoms with Crippen LogP contribution in [0, 0.1) is 3.57 Å². The van der Waals surface area contributed by atoms with E-state index in [1.165, 1.54) is 0 Å². The van der Waals surface area contributed by atoms with E-state index in [9.17, 15) is 9.59 Å². The van der Waals surface area contributed by atoms with Crippen molar-refractivity contribution in [1.82, 2.24) is 5.32 Å². The summed E-state index contributed by atoms with van der Waals surface area (Å²) in [5.74, 6) is -0.107. The van der Waals surface area contributed by atoms with Crippen molar-refractivity contribution in [2.45, 2.75) is 32.2 Å². The molecular formula is C14H17IN2O2. The smallest absolute Gasteiger partial charge is 0.253 e. The quantitative estimate of drug-likeness (QED) is 0.828. The van der Waals surface area contributed by atoms with Crippen molar-refractivity contribution in [3.63, 3.8) is 0 Å². The molecule has 2 rings (SSSR count). The average Bonchev–Trinajstić information content (AvgIpc) is 2.42. The number of nitrogens with one attached hydrogen (secondary N) is 1. The van der Waals surface area contributed by atoms with Crippen LogP contribution in [0.5, 0.6) is 0 Å². The second-order valence-electron chi connectivity index (χ2n) is 4.68. The second-order valence-corrected chi connectivity index (χ2v) is 5.84. The van der Waals surface area contributed by atoms with E-state index in [0.29, 0.717) is 12.8 Å². The highest BCUT2D eigenvalue weighted by atomic mass is 127. The van der Waals surface area contributed by atoms with Crippen LogP contribution < -0.4 is 10.2 Å². The highest BCUT2D eigenvalue weighted by Crippen LogP contribution is 2.29. The van der Waals surface area contributed by atoms with Gasteiger partial charge in [0.25, 0.3) is 5.91 Å². The summed E-state index contributed by atoms with van der Waals surface area (Å²) in [6, 6.07) is 7.63. The highest BCUT2D eigenvalue weighted by molar-refractivity contribution is 14.1. The van der Waals surface area contributed by atoms with Crippen molar-refractivity contribution in [3.8, 4) is 0 Å². The summed E-state index contributed by atoms with van der Waals surface area (Å²) in [6.45, 7) is 3.96. The largest absolute Gasteiger partial charge is 0.340 e. The molecule has 0 radical (unpaired) electrons. The topological polar surface area (TPSA) is 49.4 Å². The van der Waals surface area contributed by atoms with Gasteiger partial charge in [0.15, 0.2) is 0 Å². The van der Waals surface area contributed by atoms with E-state index in [1.807, 2.05) is 38.1 Å². The molecule has 102 valence electrons. The van der Waals surface area contributed by atoms with Crippen LogP contribution in [0.4, 0.5) is 5.69 Å². The predicted octanol–water partition coefficient (Wildman–Crippen LogP) is 2.31. The lowest BCUT2D eigenvalue weighted by atomic mass is 9.88. The fourth-order valence-electron chi connectivity index (χ4n) is 2.43. The van der Waals surface area contributed by atoms with Crippen molar-refractivity contribution >= 4 is 40.1 Å². The third-order valence-corrected chi connectivity index (χ3v) is 4.60. The van der Waals surface area contributed by atoms with Crippen LogP contribution in [0.2, 0.25) is 0 Å². The van der Waals surface area contributed by atoms with Crippen LogP contribution in [-0.2, 0) is 9.59 Å². The lowest BCUT2D eigenvalue weighted by Gasteiger charge is -2.41. The van der Waals surface area contributed by atoms with Crippen LogP contribution >= 0.6 is 22.6 Å². The van der Waals surface area contributed by atoms with Gasteiger partial charge in [-0.15, -0.1) is 0 Å². The summed E-state index contributed by atoms with van der Waals surface area (Å²) in [6.07, 6.45) is 1.21. The zero-order valence-electron chi connectivity index (χ0n) is 11.1. The van der Waals surface area contributed by atoms with E-state index < -0.39 is 5.54 Å². The zero-order chi connectivity index (χ0) is 14.0. The Morgan fingerprint density at radius 3 is 2.47 bits per heavy atom. The number of rotatable bonds is 3. The Morgan fingerprint density at radius 2 is 1.89 bits per heavy atom. The van der Waals surface area contributed by atoms with Gasteiger partial charge in [0.1, 0.15) is 12.1 Å². The maximum atomic E-state index is 12.7. The molecule has 0 aromatic heterocycles. The summed E-state index contributed by atoms with van der Waals surface area (Å²) in [5.41, 5.74) is 0.0584. The van der Waals surface area contributed by atoms with Crippen LogP contribution in [0.25, 0.3) is 0 Å². The van der Waals surface area contributed by atoms with Gasteiger partial charge in [-0.3, -0.25) is 14.5 Å². The molecular weight excluding hydrogens is 355 g/mol. The molecule has 1 N–H and O–H groups in total. The SMILES string of the molecule is CCC1(CC)NC(=O)CN(c2ccccc2I)C1=O. The fraction of sp³-hybridized carbons (Fsp3) is 0.429. The molecule has 1 aliphatic rings. The fourth-order valence-corrected chi connectivity index (χ4v) is 3.11. The van der Waals surface area contributed by atoms with Crippen LogP contribution in [0.3, 0.4) is 0 Å². The van der Waals surface area contributed by atoms with Gasteiger partial charge in [-0.25, -0.2) is 0 Å². The van der Waals surface area contributed by atoms with Crippen molar-refractivity contribution in [2.75, 3.05) is 11.4 Å². The lowest BCUT2D eigenvalue weighted by Crippen LogP contribution is -2.66. The molecule has 0 unspecified atom stereocenters. The third kappa shape index (κ3) is 2.48. The molecule has 5 heteroatoms. The van der Waals surface area contributed by atoms with E-state index >= 15 is 0 Å². The highest BCUT2D eigenvalue weighted by Gasteiger charge is 2.44. The van der Waals surface area contributed by atoms with Crippen molar-refractivity contribution < 1.29 is 9.59 Å². The molecule has 1 saturated heterocycles. The Morgan fingerprint density at radius 1 is 1.26 bits per heavy atom. The summed E-state index contributed by atoms with van der Waals surface area (Å²) >= 11 is 2.19. The number of halogens is 1. The van der Waals surface area contributed by atoms with E-state index in [1.54, 1.807) is 4.90 Å². The summed E-state index contributed by atoms with van der Waals surface area (Å²) < 4.78 is 0.976. The minimum Gasteiger partial charge on any atom is -0.340 e. The van der Waals surface area contributed by atoms with Gasteiger partial charge >= 0.3 is 0 Å². The van der Waals surface area contributed by atoms with E-state index in [4.69, 9.17) is 0 Å². The van der Waals surface area contributed by atoms with Gasteiger partial charge < -0.3 is 5.32 Å². The Kier molecular flexibility index (Phi) is 4.13. The summed E-state index contributed by atoms with van der Waals surface area (Å²) in [5, 5.41) is 2.87. The first-order valence-electron chi connectivity index (χ1n) is 6.41. The molecule has 1 aromatic rings. The lowest BCUT2D eigenvalue weighted by molar-refractivity contribution is -0.136. The Balaban J connectivity index is 2.44. The number of carbonyl (C=O) groups is 2. The first kappa shape index (κ1) is 14.3. The number of hydrogen-bond donors (Lipinski definition) is 1. The Labute approximate surface area is 126 Å². The number of nitrogens with zero attached hydrogens (tertiary/aromatic N) is 1. The van der Waals surface area contributed by atoms with E-state index in [0.717, 1.165) is 9.26 Å². The molecule has 0 aliphatic carbocycles. The molecule has 0 spiro atoms. The normalized spacial score (nSPS) is 18.4. The number of piperazine rings is 1. The van der Waals surface area contributed by atoms with Crippen molar-refractivity contribution in [3.05, 3.63) is 27.8 Å². The second kappa shape index (κ2) is 5.48. The van der Waals surface area contributed by atoms with Gasteiger partial charge in [0.05, 0.1) is 5.69 Å². The van der Waals surface area contributed by atoms with Crippen molar-refractivity contribution in [2.24, 2.45) is 0 Å². The maximum Gasteiger partial charge on any atom is 0.253 e. The van der Waals surface area contributed by atoms with Gasteiger partial charge in [0, 0.05) is 3.57 Å². The number of para-hydroxylation sites is 1. The number of benzene rings is 1. The molecule has 1 aromatic carbocycles. The Bertz CT molecular complexity index is 512. The monoisotopic (exact) mass is 372 g/mol. The van der Waals surface area contributed by atoms with Crippen molar-refractivity contribution in [1.29, 1.82) is 0 Å². The van der Waals surface area contributed by atoms with E-state index in [2.05, 4.69) is 27.9 Å². The van der Waals surface area contributed by atoms with Crippen LogP contribution in [-0.4, -0.2) is 23.9 Å². The molecule has 2 amide bonds. The summed E-state index contributed by atoms with van der Waals surface area (Å²) in [7, 11) is 0. The first-order chi connectivity index (χ1) is 9.04. The minimum absolute atomic E-state index is 0.0128. The average molecular weight is 372 g/mol. The van der Waals surface area contributed by atoms with Gasteiger partial charge in [0.2, 0.25) is 5.91 Å². The molecule has 1 heterocycles. The van der Waals surface area contributed by atoms with Crippen LogP contribution in [0.15, 0.2) is 24.3 Å². The molecule has 1 aliphatic heterocycles. The molecule has 4 nitrogen and oxygen atoms in total. The first-order valence-corrected chi connectivity index (χ1v) is 7.49. The Hall–Kier alpha value is -1.11. The number of carbonyl (C=O) groups excluding carboxylic acids is 2. The van der Waals surface area contributed by atoms with Gasteiger partial charge in [-0.1, -0.05) is 26.0 Å². The standard InChI is InChI=1S/C14H17IN2O2/c1-3-14(4-2)13(19)17(9-12(18)16-14)11-8-6-5-7-10(11)15/h5-8H,3-4,9H2,1-2H3,(H,16,18). The van der Waals surface area contributed by atoms with E-state index in [-0.39, 0.29) is 18.4 Å². The third-order valence-electron chi connectivity index (χ3n) is 3.69. The maximum absolute atomic E-state index is 12.7. The van der Waals surface area contributed by atoms with Crippen LogP contribution in [0.1, 0.15) is 26.7 Å². The molecule has 0 atom stereocenters.